The normalized spacial score (nSPS) is 11.5. The highest BCUT2D eigenvalue weighted by Crippen LogP contribution is 2.24. The maximum absolute atomic E-state index is 12.5. The van der Waals surface area contributed by atoms with Crippen LogP contribution in [0, 0.1) is 13.8 Å². The molecule has 0 aliphatic heterocycles. The van der Waals surface area contributed by atoms with Crippen LogP contribution >= 0.6 is 0 Å². The highest BCUT2D eigenvalue weighted by molar-refractivity contribution is 7.92. The van der Waals surface area contributed by atoms with E-state index in [9.17, 15) is 8.42 Å². The molecule has 0 fully saturated rings. The summed E-state index contributed by atoms with van der Waals surface area (Å²) in [5, 5.41) is 8.78. The summed E-state index contributed by atoms with van der Waals surface area (Å²) in [6, 6.07) is 13.8. The smallest absolute Gasteiger partial charge is 0.261 e. The Kier molecular flexibility index (Phi) is 3.54. The number of hydrogen-bond acceptors (Lipinski definition) is 4. The van der Waals surface area contributed by atoms with Gasteiger partial charge in [0.2, 0.25) is 0 Å². The van der Waals surface area contributed by atoms with Crippen LogP contribution < -0.4 is 4.72 Å². The zero-order valence-corrected chi connectivity index (χ0v) is 13.1. The van der Waals surface area contributed by atoms with Crippen LogP contribution in [0.2, 0.25) is 0 Å². The number of nitrogens with one attached hydrogen (secondary N) is 1. The first kappa shape index (κ1) is 14.5. The molecule has 3 aromatic rings. The van der Waals surface area contributed by atoms with Crippen LogP contribution in [0.5, 0.6) is 0 Å². The van der Waals surface area contributed by atoms with Crippen molar-refractivity contribution in [1.82, 2.24) is 10.2 Å². The molecule has 3 rings (SSSR count). The van der Waals surface area contributed by atoms with Crippen molar-refractivity contribution in [3.05, 3.63) is 59.8 Å². The number of benzene rings is 2. The summed E-state index contributed by atoms with van der Waals surface area (Å²) in [7, 11) is -3.63. The monoisotopic (exact) mass is 313 g/mol. The van der Waals surface area contributed by atoms with Gasteiger partial charge in [-0.2, -0.15) is 10.2 Å². The number of nitrogens with zero attached hydrogens (tertiary/aromatic N) is 2. The van der Waals surface area contributed by atoms with Gasteiger partial charge in [-0.15, -0.1) is 0 Å². The summed E-state index contributed by atoms with van der Waals surface area (Å²) in [4.78, 5) is 0.230. The number of fused-ring (bicyclic) bond motifs is 1. The summed E-state index contributed by atoms with van der Waals surface area (Å²) in [5.74, 6) is 0. The molecule has 5 nitrogen and oxygen atoms in total. The number of sulfonamides is 1. The van der Waals surface area contributed by atoms with Crippen molar-refractivity contribution in [2.45, 2.75) is 18.7 Å². The lowest BCUT2D eigenvalue weighted by Gasteiger charge is -2.10. The Morgan fingerprint density at radius 3 is 2.41 bits per heavy atom. The highest BCUT2D eigenvalue weighted by atomic mass is 32.2. The summed E-state index contributed by atoms with van der Waals surface area (Å²) in [6.07, 6.45) is 0. The number of aromatic nitrogens is 2. The van der Waals surface area contributed by atoms with Crippen molar-refractivity contribution in [3.63, 3.8) is 0 Å². The summed E-state index contributed by atoms with van der Waals surface area (Å²) in [6.45, 7) is 3.73. The highest BCUT2D eigenvalue weighted by Gasteiger charge is 2.15. The molecule has 2 aromatic carbocycles. The van der Waals surface area contributed by atoms with E-state index in [-0.39, 0.29) is 4.90 Å². The fourth-order valence-corrected chi connectivity index (χ4v) is 3.25. The maximum atomic E-state index is 12.5. The summed E-state index contributed by atoms with van der Waals surface area (Å²) >= 11 is 0. The molecule has 0 aliphatic carbocycles. The molecule has 6 heteroatoms. The van der Waals surface area contributed by atoms with Gasteiger partial charge in [-0.05, 0) is 44.2 Å². The predicted octanol–water partition coefficient (Wildman–Crippen LogP) is 3.05. The van der Waals surface area contributed by atoms with Gasteiger partial charge in [0.1, 0.15) is 0 Å². The fraction of sp³-hybridized carbons (Fsp3) is 0.125. The molecule has 0 radical (unpaired) electrons. The Bertz CT molecular complexity index is 935. The first-order valence-electron chi connectivity index (χ1n) is 6.78. The fourth-order valence-electron chi connectivity index (χ4n) is 2.17. The first-order valence-corrected chi connectivity index (χ1v) is 8.26. The third kappa shape index (κ3) is 2.78. The van der Waals surface area contributed by atoms with Crippen molar-refractivity contribution in [3.8, 4) is 0 Å². The van der Waals surface area contributed by atoms with Gasteiger partial charge >= 0.3 is 0 Å². The number of hydrogen-bond donors (Lipinski definition) is 1. The molecule has 0 amide bonds. The molecule has 0 bridgehead atoms. The van der Waals surface area contributed by atoms with Crippen molar-refractivity contribution in [2.75, 3.05) is 4.72 Å². The van der Waals surface area contributed by atoms with Crippen molar-refractivity contribution in [1.29, 1.82) is 0 Å². The largest absolute Gasteiger partial charge is 0.279 e. The average molecular weight is 313 g/mol. The van der Waals surface area contributed by atoms with Gasteiger partial charge in [-0.25, -0.2) is 8.42 Å². The van der Waals surface area contributed by atoms with Crippen LogP contribution in [-0.4, -0.2) is 18.6 Å². The van der Waals surface area contributed by atoms with Gasteiger partial charge in [0.05, 0.1) is 21.8 Å². The molecule has 22 heavy (non-hydrogen) atoms. The minimum atomic E-state index is -3.63. The van der Waals surface area contributed by atoms with Gasteiger partial charge in [0, 0.05) is 5.39 Å². The van der Waals surface area contributed by atoms with Crippen LogP contribution in [0.4, 0.5) is 5.69 Å². The van der Waals surface area contributed by atoms with Crippen LogP contribution in [-0.2, 0) is 10.0 Å². The molecule has 0 atom stereocenters. The molecule has 1 aromatic heterocycles. The molecular weight excluding hydrogens is 298 g/mol. The Balaban J connectivity index is 2.06. The van der Waals surface area contributed by atoms with E-state index in [2.05, 4.69) is 14.9 Å². The van der Waals surface area contributed by atoms with E-state index >= 15 is 0 Å². The molecule has 112 valence electrons. The number of aryl methyl sites for hydroxylation is 2. The van der Waals surface area contributed by atoms with Crippen molar-refractivity contribution < 1.29 is 8.42 Å². The molecule has 0 unspecified atom stereocenters. The van der Waals surface area contributed by atoms with E-state index in [1.807, 2.05) is 19.9 Å². The minimum Gasteiger partial charge on any atom is -0.279 e. The Morgan fingerprint density at radius 1 is 0.955 bits per heavy atom. The SMILES string of the molecule is Cc1ccc(S(=O)(=O)Nc2cccc3nnc(C)cc23)cc1. The third-order valence-corrected chi connectivity index (χ3v) is 4.71. The lowest BCUT2D eigenvalue weighted by molar-refractivity contribution is 0.601. The zero-order chi connectivity index (χ0) is 15.7. The van der Waals surface area contributed by atoms with Crippen molar-refractivity contribution in [2.24, 2.45) is 0 Å². The molecule has 0 aliphatic rings. The van der Waals surface area contributed by atoms with Gasteiger partial charge in [0.15, 0.2) is 0 Å². The lowest BCUT2D eigenvalue weighted by atomic mass is 10.2. The second-order valence-electron chi connectivity index (χ2n) is 5.14. The number of anilines is 1. The second-order valence-corrected chi connectivity index (χ2v) is 6.83. The molecule has 1 heterocycles. The minimum absolute atomic E-state index is 0.230. The Hall–Kier alpha value is -2.47. The first-order chi connectivity index (χ1) is 10.5. The zero-order valence-electron chi connectivity index (χ0n) is 12.2. The van der Waals surface area contributed by atoms with Crippen LogP contribution in [0.1, 0.15) is 11.3 Å². The number of rotatable bonds is 3. The maximum Gasteiger partial charge on any atom is 0.261 e. The van der Waals surface area contributed by atoms with E-state index in [0.717, 1.165) is 16.6 Å². The summed E-state index contributed by atoms with van der Waals surface area (Å²) < 4.78 is 27.6. The second kappa shape index (κ2) is 5.38. The standard InChI is InChI=1S/C16H15N3O2S/c1-11-6-8-13(9-7-11)22(20,21)19-16-5-3-4-15-14(16)10-12(2)17-18-15/h3-10,19H,1-2H3. The van der Waals surface area contributed by atoms with Crippen LogP contribution in [0.15, 0.2) is 53.4 Å². The van der Waals surface area contributed by atoms with Crippen LogP contribution in [0.3, 0.4) is 0 Å². The van der Waals surface area contributed by atoms with Gasteiger partial charge in [-0.3, -0.25) is 4.72 Å². The van der Waals surface area contributed by atoms with Gasteiger partial charge < -0.3 is 0 Å². The molecule has 0 spiro atoms. The lowest BCUT2D eigenvalue weighted by Crippen LogP contribution is -2.13. The molecule has 1 N–H and O–H groups in total. The Labute approximate surface area is 129 Å². The third-order valence-electron chi connectivity index (χ3n) is 3.33. The predicted molar refractivity (Wildman–Crippen MR) is 86.3 cm³/mol. The van der Waals surface area contributed by atoms with E-state index in [1.165, 1.54) is 0 Å². The molecule has 0 saturated heterocycles. The van der Waals surface area contributed by atoms with E-state index in [4.69, 9.17) is 0 Å². The summed E-state index contributed by atoms with van der Waals surface area (Å²) in [5.41, 5.74) is 2.88. The Morgan fingerprint density at radius 2 is 1.68 bits per heavy atom. The van der Waals surface area contributed by atoms with E-state index in [0.29, 0.717) is 11.2 Å². The average Bonchev–Trinajstić information content (AvgIpc) is 2.48. The quantitative estimate of drug-likeness (QED) is 0.806. The molecular formula is C16H15N3O2S. The van der Waals surface area contributed by atoms with E-state index < -0.39 is 10.0 Å². The van der Waals surface area contributed by atoms with Gasteiger partial charge in [0.25, 0.3) is 10.0 Å². The topological polar surface area (TPSA) is 72.0 Å². The van der Waals surface area contributed by atoms with E-state index in [1.54, 1.807) is 42.5 Å². The molecule has 0 saturated carbocycles. The van der Waals surface area contributed by atoms with Crippen LogP contribution in [0.25, 0.3) is 10.9 Å². The van der Waals surface area contributed by atoms with Crippen molar-refractivity contribution >= 4 is 26.6 Å². The van der Waals surface area contributed by atoms with Gasteiger partial charge in [-0.1, -0.05) is 23.8 Å².